The first kappa shape index (κ1) is 19.0. The second-order valence-electron chi connectivity index (χ2n) is 5.14. The lowest BCUT2D eigenvalue weighted by Gasteiger charge is -2.10. The molecule has 3 N–H and O–H groups in total. The maximum Gasteiger partial charge on any atom is 0.416 e. The third-order valence-electron chi connectivity index (χ3n) is 3.18. The van der Waals surface area contributed by atoms with Crippen LogP contribution in [-0.4, -0.2) is 24.0 Å². The van der Waals surface area contributed by atoms with E-state index in [-0.39, 0.29) is 17.1 Å². The van der Waals surface area contributed by atoms with Crippen molar-refractivity contribution < 1.29 is 36.7 Å². The standard InChI is InChI=1S/C16H13F3N2O5/c1-8(13(22)21-15(20)24)25-14(23)12-6-5-11(26-12)9-3-2-4-10(7-9)16(17,18)19/h2-8H,1H3,(H3,20,21,22,24)/t8-/m1/s1. The van der Waals surface area contributed by atoms with Gasteiger partial charge in [-0.1, -0.05) is 12.1 Å². The number of carbonyl (C=O) groups excluding carboxylic acids is 3. The lowest BCUT2D eigenvalue weighted by molar-refractivity contribution is -0.137. The molecule has 0 radical (unpaired) electrons. The molecule has 0 unspecified atom stereocenters. The Morgan fingerprint density at radius 1 is 1.19 bits per heavy atom. The number of furan rings is 1. The zero-order valence-corrected chi connectivity index (χ0v) is 13.3. The maximum atomic E-state index is 12.8. The average molecular weight is 370 g/mol. The van der Waals surface area contributed by atoms with Crippen LogP contribution in [0.25, 0.3) is 11.3 Å². The number of esters is 1. The number of nitrogens with one attached hydrogen (secondary N) is 1. The van der Waals surface area contributed by atoms with Crippen molar-refractivity contribution in [3.63, 3.8) is 0 Å². The van der Waals surface area contributed by atoms with Gasteiger partial charge in [0.15, 0.2) is 6.10 Å². The summed E-state index contributed by atoms with van der Waals surface area (Å²) >= 11 is 0. The van der Waals surface area contributed by atoms with Crippen molar-refractivity contribution in [1.29, 1.82) is 0 Å². The Morgan fingerprint density at radius 2 is 1.88 bits per heavy atom. The summed E-state index contributed by atoms with van der Waals surface area (Å²) in [6.07, 6.45) is -5.86. The molecule has 3 amide bonds. The van der Waals surface area contributed by atoms with E-state index in [1.807, 2.05) is 0 Å². The number of halogens is 3. The van der Waals surface area contributed by atoms with Gasteiger partial charge in [-0.3, -0.25) is 10.1 Å². The molecule has 1 heterocycles. The summed E-state index contributed by atoms with van der Waals surface area (Å²) in [5, 5.41) is 1.74. The largest absolute Gasteiger partial charge is 0.449 e. The molecule has 0 fully saturated rings. The van der Waals surface area contributed by atoms with Crippen LogP contribution in [0, 0.1) is 0 Å². The second kappa shape index (κ2) is 7.30. The Bertz CT molecular complexity index is 844. The molecule has 0 saturated carbocycles. The SMILES string of the molecule is C[C@@H](OC(=O)c1ccc(-c2cccc(C(F)(F)F)c2)o1)C(=O)NC(N)=O. The monoisotopic (exact) mass is 370 g/mol. The van der Waals surface area contributed by atoms with Gasteiger partial charge in [0, 0.05) is 5.56 Å². The van der Waals surface area contributed by atoms with Crippen LogP contribution in [-0.2, 0) is 15.7 Å². The van der Waals surface area contributed by atoms with Gasteiger partial charge in [-0.25, -0.2) is 9.59 Å². The van der Waals surface area contributed by atoms with Crippen LogP contribution >= 0.6 is 0 Å². The number of primary amides is 1. The molecule has 7 nitrogen and oxygen atoms in total. The fourth-order valence-electron chi connectivity index (χ4n) is 1.95. The van der Waals surface area contributed by atoms with E-state index in [2.05, 4.69) is 0 Å². The van der Waals surface area contributed by atoms with Crippen LogP contribution in [0.3, 0.4) is 0 Å². The maximum absolute atomic E-state index is 12.8. The lowest BCUT2D eigenvalue weighted by atomic mass is 10.1. The summed E-state index contributed by atoms with van der Waals surface area (Å²) in [6.45, 7) is 1.20. The Balaban J connectivity index is 2.13. The second-order valence-corrected chi connectivity index (χ2v) is 5.14. The van der Waals surface area contributed by atoms with Gasteiger partial charge in [0.2, 0.25) is 5.76 Å². The summed E-state index contributed by atoms with van der Waals surface area (Å²) < 4.78 is 48.2. The van der Waals surface area contributed by atoms with Gasteiger partial charge in [-0.2, -0.15) is 13.2 Å². The number of rotatable bonds is 4. The number of alkyl halides is 3. The minimum absolute atomic E-state index is 0.0114. The number of amides is 3. The van der Waals surface area contributed by atoms with E-state index in [9.17, 15) is 27.6 Å². The van der Waals surface area contributed by atoms with E-state index in [0.717, 1.165) is 12.1 Å². The fourth-order valence-corrected chi connectivity index (χ4v) is 1.95. The number of carbonyl (C=O) groups is 3. The summed E-state index contributed by atoms with van der Waals surface area (Å²) in [4.78, 5) is 34.0. The first-order chi connectivity index (χ1) is 12.1. The van der Waals surface area contributed by atoms with Crippen LogP contribution in [0.5, 0.6) is 0 Å². The number of ether oxygens (including phenoxy) is 1. The third-order valence-corrected chi connectivity index (χ3v) is 3.18. The Kier molecular flexibility index (Phi) is 5.34. The molecular formula is C16H13F3N2O5. The third kappa shape index (κ3) is 4.62. The smallest absolute Gasteiger partial charge is 0.416 e. The van der Waals surface area contributed by atoms with E-state index < -0.39 is 35.8 Å². The van der Waals surface area contributed by atoms with Crippen LogP contribution < -0.4 is 11.1 Å². The summed E-state index contributed by atoms with van der Waals surface area (Å²) in [7, 11) is 0. The molecule has 0 aliphatic heterocycles. The molecule has 26 heavy (non-hydrogen) atoms. The molecule has 0 saturated heterocycles. The van der Waals surface area contributed by atoms with Crippen molar-refractivity contribution in [2.75, 3.05) is 0 Å². The molecule has 2 aromatic rings. The van der Waals surface area contributed by atoms with E-state index in [1.165, 1.54) is 31.2 Å². The molecule has 0 aliphatic carbocycles. The van der Waals surface area contributed by atoms with Crippen LogP contribution in [0.15, 0.2) is 40.8 Å². The predicted molar refractivity (Wildman–Crippen MR) is 81.7 cm³/mol. The van der Waals surface area contributed by atoms with Gasteiger partial charge >= 0.3 is 18.2 Å². The Labute approximate surface area is 144 Å². The summed E-state index contributed by atoms with van der Waals surface area (Å²) in [6, 6.07) is 5.73. The topological polar surface area (TPSA) is 112 Å². The number of hydrogen-bond acceptors (Lipinski definition) is 5. The fraction of sp³-hybridized carbons (Fsp3) is 0.188. The van der Waals surface area contributed by atoms with Gasteiger partial charge in [-0.15, -0.1) is 0 Å². The number of nitrogens with two attached hydrogens (primary N) is 1. The molecule has 0 spiro atoms. The highest BCUT2D eigenvalue weighted by Gasteiger charge is 2.30. The van der Waals surface area contributed by atoms with Crippen molar-refractivity contribution >= 4 is 17.9 Å². The molecule has 2 rings (SSSR count). The predicted octanol–water partition coefficient (Wildman–Crippen LogP) is 2.71. The molecule has 1 aromatic heterocycles. The number of hydrogen-bond donors (Lipinski definition) is 2. The van der Waals surface area contributed by atoms with Crippen molar-refractivity contribution in [3.05, 3.63) is 47.7 Å². The number of urea groups is 1. The van der Waals surface area contributed by atoms with Gasteiger partial charge in [-0.05, 0) is 31.2 Å². The Hall–Kier alpha value is -3.30. The minimum atomic E-state index is -4.52. The van der Waals surface area contributed by atoms with Gasteiger partial charge in [0.05, 0.1) is 5.56 Å². The quantitative estimate of drug-likeness (QED) is 0.804. The average Bonchev–Trinajstić information content (AvgIpc) is 3.03. The highest BCUT2D eigenvalue weighted by Crippen LogP contribution is 2.32. The summed E-state index contributed by atoms with van der Waals surface area (Å²) in [5.41, 5.74) is 4.01. The lowest BCUT2D eigenvalue weighted by Crippen LogP contribution is -2.42. The van der Waals surface area contributed by atoms with Crippen LogP contribution in [0.1, 0.15) is 23.0 Å². The van der Waals surface area contributed by atoms with Crippen molar-refractivity contribution in [2.24, 2.45) is 5.73 Å². The van der Waals surface area contributed by atoms with Gasteiger partial charge in [0.1, 0.15) is 5.76 Å². The van der Waals surface area contributed by atoms with E-state index in [0.29, 0.717) is 0 Å². The zero-order valence-electron chi connectivity index (χ0n) is 13.3. The molecule has 10 heteroatoms. The van der Waals surface area contributed by atoms with Gasteiger partial charge in [0.25, 0.3) is 5.91 Å². The van der Waals surface area contributed by atoms with Gasteiger partial charge < -0.3 is 14.9 Å². The molecule has 1 atom stereocenters. The van der Waals surface area contributed by atoms with Crippen molar-refractivity contribution in [2.45, 2.75) is 19.2 Å². The van der Waals surface area contributed by atoms with E-state index in [1.54, 1.807) is 5.32 Å². The van der Waals surface area contributed by atoms with E-state index in [4.69, 9.17) is 14.9 Å². The van der Waals surface area contributed by atoms with Crippen LogP contribution in [0.2, 0.25) is 0 Å². The van der Waals surface area contributed by atoms with Crippen molar-refractivity contribution in [1.82, 2.24) is 5.32 Å². The summed E-state index contributed by atoms with van der Waals surface area (Å²) in [5.74, 6) is -2.28. The highest BCUT2D eigenvalue weighted by atomic mass is 19.4. The molecule has 138 valence electrons. The normalized spacial score (nSPS) is 12.3. The van der Waals surface area contributed by atoms with E-state index >= 15 is 0 Å². The minimum Gasteiger partial charge on any atom is -0.449 e. The first-order valence-corrected chi connectivity index (χ1v) is 7.16. The molecule has 1 aromatic carbocycles. The highest BCUT2D eigenvalue weighted by molar-refractivity contribution is 5.97. The molecule has 0 aliphatic rings. The Morgan fingerprint density at radius 3 is 2.50 bits per heavy atom. The number of imide groups is 1. The number of benzene rings is 1. The molecule has 0 bridgehead atoms. The first-order valence-electron chi connectivity index (χ1n) is 7.16. The van der Waals surface area contributed by atoms with Crippen LogP contribution in [0.4, 0.5) is 18.0 Å². The molecular weight excluding hydrogens is 357 g/mol. The zero-order chi connectivity index (χ0) is 19.5. The van der Waals surface area contributed by atoms with Crippen molar-refractivity contribution in [3.8, 4) is 11.3 Å².